The van der Waals surface area contributed by atoms with Crippen LogP contribution >= 0.6 is 0 Å². The Morgan fingerprint density at radius 3 is 1.45 bits per heavy atom. The molecule has 8 nitrogen and oxygen atoms in total. The lowest BCUT2D eigenvalue weighted by atomic mass is 10.1. The number of carboxylic acid groups (broad SMARTS) is 2. The van der Waals surface area contributed by atoms with Gasteiger partial charge in [-0.2, -0.15) is 0 Å². The fourth-order valence-corrected chi connectivity index (χ4v) is 2.32. The summed E-state index contributed by atoms with van der Waals surface area (Å²) in [6.07, 6.45) is 0. The van der Waals surface area contributed by atoms with Crippen molar-refractivity contribution < 1.29 is 19.8 Å². The third-order valence-electron chi connectivity index (χ3n) is 3.25. The van der Waals surface area contributed by atoms with E-state index in [4.69, 9.17) is 10.2 Å². The number of H-pyrrole nitrogens is 2. The van der Waals surface area contributed by atoms with Crippen LogP contribution in [0.15, 0.2) is 33.9 Å². The Morgan fingerprint density at radius 1 is 0.773 bits per heavy atom. The van der Waals surface area contributed by atoms with Crippen molar-refractivity contribution in [2.75, 3.05) is 0 Å². The molecule has 0 saturated heterocycles. The third kappa shape index (κ3) is 1.94. The number of rotatable bonds is 2. The van der Waals surface area contributed by atoms with Gasteiger partial charge in [0.05, 0.1) is 21.8 Å². The minimum atomic E-state index is -1.30. The number of carboxylic acids is 2. The van der Waals surface area contributed by atoms with Crippen LogP contribution < -0.4 is 10.9 Å². The van der Waals surface area contributed by atoms with E-state index in [1.54, 1.807) is 0 Å². The Kier molecular flexibility index (Phi) is 2.81. The summed E-state index contributed by atoms with van der Waals surface area (Å²) in [6.45, 7) is 0. The average molecular weight is 300 g/mol. The van der Waals surface area contributed by atoms with Crippen LogP contribution in [0.25, 0.3) is 21.8 Å². The van der Waals surface area contributed by atoms with Crippen LogP contribution in [0.2, 0.25) is 0 Å². The van der Waals surface area contributed by atoms with Crippen LogP contribution in [0, 0.1) is 0 Å². The summed E-state index contributed by atoms with van der Waals surface area (Å²) >= 11 is 0. The second-order valence-corrected chi connectivity index (χ2v) is 4.62. The molecule has 0 spiro atoms. The molecule has 22 heavy (non-hydrogen) atoms. The molecule has 110 valence electrons. The Labute approximate surface area is 120 Å². The molecule has 0 amide bonds. The lowest BCUT2D eigenvalue weighted by Gasteiger charge is -2.05. The molecule has 1 aromatic carbocycles. The minimum Gasteiger partial charge on any atom is -0.477 e. The van der Waals surface area contributed by atoms with Crippen molar-refractivity contribution in [1.29, 1.82) is 0 Å². The zero-order valence-corrected chi connectivity index (χ0v) is 10.8. The maximum atomic E-state index is 12.1. The molecular formula is C14H8N2O6. The molecule has 0 aliphatic rings. The van der Waals surface area contributed by atoms with Gasteiger partial charge in [0.15, 0.2) is 10.9 Å². The number of nitrogens with one attached hydrogen (secondary N) is 2. The molecule has 3 aromatic rings. The van der Waals surface area contributed by atoms with Crippen LogP contribution in [0.4, 0.5) is 0 Å². The van der Waals surface area contributed by atoms with E-state index in [0.717, 1.165) is 12.1 Å². The van der Waals surface area contributed by atoms with Gasteiger partial charge in [-0.15, -0.1) is 0 Å². The third-order valence-corrected chi connectivity index (χ3v) is 3.25. The van der Waals surface area contributed by atoms with E-state index in [2.05, 4.69) is 9.97 Å². The highest BCUT2D eigenvalue weighted by Gasteiger charge is 2.14. The Morgan fingerprint density at radius 2 is 1.14 bits per heavy atom. The first kappa shape index (κ1) is 13.6. The van der Waals surface area contributed by atoms with Gasteiger partial charge < -0.3 is 20.2 Å². The van der Waals surface area contributed by atoms with Crippen molar-refractivity contribution >= 4 is 33.7 Å². The molecule has 0 saturated carbocycles. The quantitative estimate of drug-likeness (QED) is 0.515. The molecule has 0 radical (unpaired) electrons. The highest BCUT2D eigenvalue weighted by atomic mass is 16.4. The van der Waals surface area contributed by atoms with Crippen molar-refractivity contribution in [1.82, 2.24) is 9.97 Å². The van der Waals surface area contributed by atoms with E-state index in [-0.39, 0.29) is 33.2 Å². The number of hydrogen-bond donors (Lipinski definition) is 4. The molecule has 0 unspecified atom stereocenters. The first-order valence-electron chi connectivity index (χ1n) is 6.08. The minimum absolute atomic E-state index is 0.0145. The zero-order chi connectivity index (χ0) is 16.0. The zero-order valence-electron chi connectivity index (χ0n) is 10.8. The highest BCUT2D eigenvalue weighted by Crippen LogP contribution is 2.18. The first-order chi connectivity index (χ1) is 10.4. The van der Waals surface area contributed by atoms with Crippen LogP contribution in [-0.4, -0.2) is 32.1 Å². The molecule has 8 heteroatoms. The van der Waals surface area contributed by atoms with E-state index >= 15 is 0 Å². The van der Waals surface area contributed by atoms with E-state index in [9.17, 15) is 19.2 Å². The summed E-state index contributed by atoms with van der Waals surface area (Å²) < 4.78 is 0. The summed E-state index contributed by atoms with van der Waals surface area (Å²) in [5.41, 5.74) is -1.49. The van der Waals surface area contributed by atoms with Gasteiger partial charge in [0, 0.05) is 12.1 Å². The second kappa shape index (κ2) is 4.55. The molecular weight excluding hydrogens is 292 g/mol. The van der Waals surface area contributed by atoms with Crippen LogP contribution in [0.3, 0.4) is 0 Å². The fraction of sp³-hybridized carbons (Fsp3) is 0. The smallest absolute Gasteiger partial charge is 0.352 e. The molecule has 0 fully saturated rings. The van der Waals surface area contributed by atoms with Crippen molar-refractivity contribution in [3.63, 3.8) is 0 Å². The van der Waals surface area contributed by atoms with E-state index in [1.165, 1.54) is 12.1 Å². The average Bonchev–Trinajstić information content (AvgIpc) is 2.46. The summed E-state index contributed by atoms with van der Waals surface area (Å²) in [5.74, 6) is -2.59. The molecule has 0 bridgehead atoms. The molecule has 0 aliphatic heterocycles. The van der Waals surface area contributed by atoms with Crippen molar-refractivity contribution in [3.8, 4) is 0 Å². The predicted octanol–water partition coefficient (Wildman–Crippen LogP) is 0.766. The standard InChI is InChI=1S/C14H8N2O6/c17-9-3-7(13(19)20)15-5-1-2-6-12(11(5)9)10(18)4-8(16-6)14(21)22/h1-4H,(H,15,17)(H,16,18)(H,19,20)(H,21,22). The van der Waals surface area contributed by atoms with Crippen molar-refractivity contribution in [3.05, 3.63) is 56.1 Å². The SMILES string of the molecule is O=C(O)c1cc(=O)c2c(ccc3[nH]c(C(=O)O)cc(=O)c32)[nH]1. The maximum absolute atomic E-state index is 12.1. The van der Waals surface area contributed by atoms with Gasteiger partial charge in [-0.25, -0.2) is 9.59 Å². The van der Waals surface area contributed by atoms with Crippen molar-refractivity contribution in [2.45, 2.75) is 0 Å². The number of aromatic nitrogens is 2. The van der Waals surface area contributed by atoms with Crippen LogP contribution in [0.1, 0.15) is 21.0 Å². The summed E-state index contributed by atoms with van der Waals surface area (Å²) in [6, 6.07) is 4.59. The lowest BCUT2D eigenvalue weighted by Crippen LogP contribution is -2.15. The van der Waals surface area contributed by atoms with Gasteiger partial charge in [-0.3, -0.25) is 9.59 Å². The second-order valence-electron chi connectivity index (χ2n) is 4.62. The molecule has 4 N–H and O–H groups in total. The molecule has 0 atom stereocenters. The summed E-state index contributed by atoms with van der Waals surface area (Å²) in [4.78, 5) is 51.3. The monoisotopic (exact) mass is 300 g/mol. The van der Waals surface area contributed by atoms with E-state index in [0.29, 0.717) is 0 Å². The van der Waals surface area contributed by atoms with Gasteiger partial charge in [0.25, 0.3) is 0 Å². The number of carbonyl (C=O) groups is 2. The summed E-state index contributed by atoms with van der Waals surface area (Å²) in [7, 11) is 0. The number of hydrogen-bond acceptors (Lipinski definition) is 4. The van der Waals surface area contributed by atoms with Gasteiger partial charge in [-0.1, -0.05) is 0 Å². The highest BCUT2D eigenvalue weighted by molar-refractivity contribution is 6.06. The topological polar surface area (TPSA) is 140 Å². The maximum Gasteiger partial charge on any atom is 0.352 e. The van der Waals surface area contributed by atoms with Crippen molar-refractivity contribution in [2.24, 2.45) is 0 Å². The lowest BCUT2D eigenvalue weighted by molar-refractivity contribution is 0.0680. The molecule has 2 aromatic heterocycles. The molecule has 0 aliphatic carbocycles. The Hall–Kier alpha value is -3.42. The first-order valence-corrected chi connectivity index (χ1v) is 6.08. The normalized spacial score (nSPS) is 10.9. The number of aromatic amines is 2. The van der Waals surface area contributed by atoms with Crippen LogP contribution in [-0.2, 0) is 0 Å². The Bertz CT molecular complexity index is 990. The number of fused-ring (bicyclic) bond motifs is 3. The van der Waals surface area contributed by atoms with Gasteiger partial charge >= 0.3 is 11.9 Å². The predicted molar refractivity (Wildman–Crippen MR) is 76.6 cm³/mol. The fourth-order valence-electron chi connectivity index (χ4n) is 2.32. The van der Waals surface area contributed by atoms with Gasteiger partial charge in [0.2, 0.25) is 0 Å². The number of aromatic carboxylic acids is 2. The largest absolute Gasteiger partial charge is 0.477 e. The number of benzene rings is 1. The van der Waals surface area contributed by atoms with Gasteiger partial charge in [0.1, 0.15) is 11.4 Å². The van der Waals surface area contributed by atoms with E-state index < -0.39 is 22.8 Å². The number of pyridine rings is 2. The molecule has 3 rings (SSSR count). The van der Waals surface area contributed by atoms with Crippen LogP contribution in [0.5, 0.6) is 0 Å². The summed E-state index contributed by atoms with van der Waals surface area (Å²) in [5, 5.41) is 17.9. The Balaban J connectivity index is 2.52. The molecule has 2 heterocycles. The van der Waals surface area contributed by atoms with E-state index in [1.807, 2.05) is 0 Å². The van der Waals surface area contributed by atoms with Gasteiger partial charge in [-0.05, 0) is 12.1 Å².